The Kier molecular flexibility index (Phi) is 4.48. The van der Waals surface area contributed by atoms with E-state index in [0.717, 1.165) is 0 Å². The number of carboxylic acid groups (broad SMARTS) is 1. The average Bonchev–Trinajstić information content (AvgIpc) is 2.61. The first-order valence-corrected chi connectivity index (χ1v) is 8.06. The van der Waals surface area contributed by atoms with Crippen LogP contribution < -0.4 is 0 Å². The topological polar surface area (TPSA) is 37.3 Å². The maximum atomic E-state index is 9.60. The first-order valence-electron chi connectivity index (χ1n) is 8.06. The molecule has 1 aliphatic rings. The van der Waals surface area contributed by atoms with E-state index < -0.39 is 5.97 Å². The van der Waals surface area contributed by atoms with Gasteiger partial charge >= 0.3 is 5.97 Å². The van der Waals surface area contributed by atoms with Gasteiger partial charge in [0.05, 0.1) is 0 Å². The van der Waals surface area contributed by atoms with E-state index in [4.69, 9.17) is 5.11 Å². The molecule has 3 aromatic carbocycles. The van der Waals surface area contributed by atoms with E-state index in [1.807, 2.05) is 0 Å². The minimum Gasteiger partial charge on any atom is -0.478 e. The largest absolute Gasteiger partial charge is 0.478 e. The van der Waals surface area contributed by atoms with Gasteiger partial charge in [0.25, 0.3) is 0 Å². The van der Waals surface area contributed by atoms with Gasteiger partial charge < -0.3 is 5.11 Å². The zero-order chi connectivity index (χ0) is 17.1. The Hall–Kier alpha value is -2.87. The summed E-state index contributed by atoms with van der Waals surface area (Å²) >= 11 is 0. The number of hydrogen-bond acceptors (Lipinski definition) is 1. The summed E-state index contributed by atoms with van der Waals surface area (Å²) < 4.78 is 0. The minimum atomic E-state index is -0.935. The predicted octanol–water partition coefficient (Wildman–Crippen LogP) is 5.60. The third-order valence-corrected chi connectivity index (χ3v) is 4.29. The minimum absolute atomic E-state index is 0.176. The summed E-state index contributed by atoms with van der Waals surface area (Å²) in [6, 6.07) is 17.7. The highest BCUT2D eigenvalue weighted by Crippen LogP contribution is 2.32. The molecule has 2 nitrogen and oxygen atoms in total. The quantitative estimate of drug-likeness (QED) is 0.469. The molecule has 0 saturated carbocycles. The molecule has 0 unspecified atom stereocenters. The summed E-state index contributed by atoms with van der Waals surface area (Å²) in [5.41, 5.74) is 3.08. The standard InChI is InChI=1S/C18H14.C4H6O2/c1-3-7-15-13(5-1)9-11-18-16-8-4-2-6-14(16)10-12-17(15)18;1-3(2)4(5)6/h1,3-5,7-12H,2,6H2;1H2,2H3,(H,5,6). The molecule has 120 valence electrons. The van der Waals surface area contributed by atoms with Gasteiger partial charge in [0, 0.05) is 5.57 Å². The highest BCUT2D eigenvalue weighted by atomic mass is 16.4. The van der Waals surface area contributed by atoms with Crippen molar-refractivity contribution in [2.75, 3.05) is 0 Å². The Labute approximate surface area is 141 Å². The van der Waals surface area contributed by atoms with Gasteiger partial charge in [0.2, 0.25) is 0 Å². The first kappa shape index (κ1) is 16.0. The van der Waals surface area contributed by atoms with E-state index in [1.165, 1.54) is 52.4 Å². The fourth-order valence-corrected chi connectivity index (χ4v) is 3.01. The number of fused-ring (bicyclic) bond motifs is 5. The van der Waals surface area contributed by atoms with Crippen molar-refractivity contribution in [3.63, 3.8) is 0 Å². The Morgan fingerprint density at radius 1 is 1.00 bits per heavy atom. The molecule has 1 N–H and O–H groups in total. The normalized spacial score (nSPS) is 12.4. The number of aliphatic carboxylic acids is 1. The van der Waals surface area contributed by atoms with Crippen LogP contribution in [0.5, 0.6) is 0 Å². The van der Waals surface area contributed by atoms with Gasteiger partial charge in [-0.05, 0) is 52.4 Å². The van der Waals surface area contributed by atoms with Crippen molar-refractivity contribution in [3.05, 3.63) is 77.9 Å². The van der Waals surface area contributed by atoms with E-state index in [9.17, 15) is 4.79 Å². The predicted molar refractivity (Wildman–Crippen MR) is 101 cm³/mol. The Morgan fingerprint density at radius 2 is 1.71 bits per heavy atom. The molecule has 3 aromatic rings. The molecular formula is C22H20O2. The van der Waals surface area contributed by atoms with E-state index in [1.54, 1.807) is 0 Å². The molecule has 4 rings (SSSR count). The third kappa shape index (κ3) is 3.09. The van der Waals surface area contributed by atoms with Gasteiger partial charge in [-0.1, -0.05) is 67.3 Å². The average molecular weight is 316 g/mol. The maximum Gasteiger partial charge on any atom is 0.330 e. The smallest absolute Gasteiger partial charge is 0.330 e. The zero-order valence-corrected chi connectivity index (χ0v) is 13.8. The van der Waals surface area contributed by atoms with E-state index >= 15 is 0 Å². The second-order valence-corrected chi connectivity index (χ2v) is 6.05. The van der Waals surface area contributed by atoms with Crippen molar-refractivity contribution in [3.8, 4) is 0 Å². The molecule has 0 bridgehead atoms. The Bertz CT molecular complexity index is 952. The lowest BCUT2D eigenvalue weighted by Crippen LogP contribution is -1.95. The number of hydrogen-bond donors (Lipinski definition) is 1. The van der Waals surface area contributed by atoms with Crippen LogP contribution in [0.2, 0.25) is 0 Å². The van der Waals surface area contributed by atoms with Gasteiger partial charge in [0.1, 0.15) is 0 Å². The van der Waals surface area contributed by atoms with Crippen LogP contribution in [0, 0.1) is 0 Å². The second kappa shape index (κ2) is 6.71. The van der Waals surface area contributed by atoms with Crippen LogP contribution in [-0.2, 0) is 11.2 Å². The van der Waals surface area contributed by atoms with Crippen molar-refractivity contribution in [2.45, 2.75) is 19.8 Å². The molecule has 2 heteroatoms. The first-order chi connectivity index (χ1) is 11.6. The monoisotopic (exact) mass is 316 g/mol. The summed E-state index contributed by atoms with van der Waals surface area (Å²) in [5, 5.41) is 13.3. The van der Waals surface area contributed by atoms with Gasteiger partial charge in [-0.2, -0.15) is 0 Å². The van der Waals surface area contributed by atoms with Gasteiger partial charge in [-0.15, -0.1) is 0 Å². The summed E-state index contributed by atoms with van der Waals surface area (Å²) in [7, 11) is 0. The number of carbonyl (C=O) groups is 1. The third-order valence-electron chi connectivity index (χ3n) is 4.29. The molecule has 0 aromatic heterocycles. The van der Waals surface area contributed by atoms with Crippen LogP contribution in [0.4, 0.5) is 0 Å². The SMILES string of the molecule is C1=Cc2c(ccc3c2ccc2ccccc23)CC1.C=C(C)C(=O)O. The van der Waals surface area contributed by atoms with E-state index in [0.29, 0.717) is 0 Å². The molecule has 0 radical (unpaired) electrons. The van der Waals surface area contributed by atoms with E-state index in [-0.39, 0.29) is 5.57 Å². The van der Waals surface area contributed by atoms with E-state index in [2.05, 4.69) is 67.3 Å². The van der Waals surface area contributed by atoms with Crippen LogP contribution in [0.3, 0.4) is 0 Å². The molecule has 0 aliphatic heterocycles. The second-order valence-electron chi connectivity index (χ2n) is 6.05. The van der Waals surface area contributed by atoms with Crippen molar-refractivity contribution < 1.29 is 9.90 Å². The maximum absolute atomic E-state index is 9.60. The molecular weight excluding hydrogens is 296 g/mol. The fraction of sp³-hybridized carbons (Fsp3) is 0.136. The molecule has 0 fully saturated rings. The zero-order valence-electron chi connectivity index (χ0n) is 13.8. The Balaban J connectivity index is 0.000000246. The number of carboxylic acids is 1. The highest BCUT2D eigenvalue weighted by Gasteiger charge is 2.09. The Morgan fingerprint density at radius 3 is 2.46 bits per heavy atom. The van der Waals surface area contributed by atoms with Crippen LogP contribution in [0.25, 0.3) is 27.6 Å². The lowest BCUT2D eigenvalue weighted by atomic mass is 9.90. The number of rotatable bonds is 1. The van der Waals surface area contributed by atoms with Gasteiger partial charge in [-0.25, -0.2) is 4.79 Å². The molecule has 0 saturated heterocycles. The van der Waals surface area contributed by atoms with Crippen LogP contribution in [0.1, 0.15) is 24.5 Å². The summed E-state index contributed by atoms with van der Waals surface area (Å²) in [5.74, 6) is -0.935. The van der Waals surface area contributed by atoms with Gasteiger partial charge in [0.15, 0.2) is 0 Å². The van der Waals surface area contributed by atoms with Crippen molar-refractivity contribution in [2.24, 2.45) is 0 Å². The van der Waals surface area contributed by atoms with Crippen LogP contribution >= 0.6 is 0 Å². The van der Waals surface area contributed by atoms with Crippen molar-refractivity contribution in [1.82, 2.24) is 0 Å². The highest BCUT2D eigenvalue weighted by molar-refractivity contribution is 6.10. The molecule has 0 amide bonds. The number of benzene rings is 3. The molecule has 0 spiro atoms. The van der Waals surface area contributed by atoms with Gasteiger partial charge in [-0.3, -0.25) is 0 Å². The fourth-order valence-electron chi connectivity index (χ4n) is 3.01. The molecule has 0 atom stereocenters. The summed E-state index contributed by atoms with van der Waals surface area (Å²) in [6.45, 7) is 4.60. The van der Waals surface area contributed by atoms with Crippen LogP contribution in [-0.4, -0.2) is 11.1 Å². The van der Waals surface area contributed by atoms with Crippen molar-refractivity contribution in [1.29, 1.82) is 0 Å². The number of aryl methyl sites for hydroxylation is 1. The lowest BCUT2D eigenvalue weighted by Gasteiger charge is -2.14. The molecule has 0 heterocycles. The van der Waals surface area contributed by atoms with Crippen molar-refractivity contribution >= 4 is 33.6 Å². The lowest BCUT2D eigenvalue weighted by molar-refractivity contribution is -0.132. The van der Waals surface area contributed by atoms with Crippen LogP contribution in [0.15, 0.2) is 66.8 Å². The molecule has 1 aliphatic carbocycles. The summed E-state index contributed by atoms with van der Waals surface area (Å²) in [6.07, 6.45) is 6.92. The molecule has 24 heavy (non-hydrogen) atoms. The summed E-state index contributed by atoms with van der Waals surface area (Å²) in [4.78, 5) is 9.60. The number of allylic oxidation sites excluding steroid dienone is 1.